The highest BCUT2D eigenvalue weighted by atomic mass is 16.7. The molecule has 2 heterocycles. The highest BCUT2D eigenvalue weighted by Crippen LogP contribution is 2.40. The minimum Gasteiger partial charge on any atom is -0.392 e. The van der Waals surface area contributed by atoms with Crippen molar-refractivity contribution in [1.82, 2.24) is 9.80 Å². The minimum absolute atomic E-state index is 0.0546. The summed E-state index contributed by atoms with van der Waals surface area (Å²) in [7, 11) is 0. The molecule has 35 heavy (non-hydrogen) atoms. The SMILES string of the molecule is Cc1ccccc1C1=CC=CC(OCCCN2CC[C@@H](O)C2)(OCCCN2CCC[C@H](O)C2)C1C. The molecular formula is C29H44N2O4. The molecule has 0 spiro atoms. The summed E-state index contributed by atoms with van der Waals surface area (Å²) in [5, 5.41) is 19.8. The van der Waals surface area contributed by atoms with E-state index in [1.807, 2.05) is 0 Å². The molecule has 0 radical (unpaired) electrons. The molecule has 0 aromatic heterocycles. The van der Waals surface area contributed by atoms with Gasteiger partial charge in [0.05, 0.1) is 25.4 Å². The maximum Gasteiger partial charge on any atom is 0.194 e. The largest absolute Gasteiger partial charge is 0.392 e. The molecule has 2 N–H and O–H groups in total. The Balaban J connectivity index is 1.38. The fourth-order valence-corrected chi connectivity index (χ4v) is 5.69. The zero-order chi connectivity index (χ0) is 24.7. The van der Waals surface area contributed by atoms with E-state index in [2.05, 4.69) is 66.1 Å². The van der Waals surface area contributed by atoms with Gasteiger partial charge in [-0.2, -0.15) is 0 Å². The van der Waals surface area contributed by atoms with Gasteiger partial charge in [-0.25, -0.2) is 0 Å². The average Bonchev–Trinajstić information content (AvgIpc) is 3.27. The van der Waals surface area contributed by atoms with Gasteiger partial charge in [-0.1, -0.05) is 43.3 Å². The number of aliphatic hydroxyl groups is 2. The van der Waals surface area contributed by atoms with E-state index in [0.29, 0.717) is 13.2 Å². The van der Waals surface area contributed by atoms with E-state index in [9.17, 15) is 10.2 Å². The number of piperidine rings is 1. The maximum atomic E-state index is 9.96. The quantitative estimate of drug-likeness (QED) is 0.370. The zero-order valence-electron chi connectivity index (χ0n) is 21.6. The molecule has 6 nitrogen and oxygen atoms in total. The van der Waals surface area contributed by atoms with Crippen LogP contribution in [0.25, 0.3) is 5.57 Å². The van der Waals surface area contributed by atoms with Crippen LogP contribution in [0.1, 0.15) is 50.2 Å². The summed E-state index contributed by atoms with van der Waals surface area (Å²) in [6.45, 7) is 11.0. The summed E-state index contributed by atoms with van der Waals surface area (Å²) in [4.78, 5) is 4.65. The van der Waals surface area contributed by atoms with Crippen LogP contribution in [-0.2, 0) is 9.47 Å². The Morgan fingerprint density at radius 3 is 2.26 bits per heavy atom. The van der Waals surface area contributed by atoms with Gasteiger partial charge in [0.1, 0.15) is 0 Å². The molecular weight excluding hydrogens is 440 g/mol. The molecule has 194 valence electrons. The second-order valence-corrected chi connectivity index (χ2v) is 10.5. The van der Waals surface area contributed by atoms with Crippen LogP contribution >= 0.6 is 0 Å². The van der Waals surface area contributed by atoms with Crippen LogP contribution in [0, 0.1) is 12.8 Å². The first-order chi connectivity index (χ1) is 17.0. The van der Waals surface area contributed by atoms with Crippen LogP contribution in [0.15, 0.2) is 42.5 Å². The molecule has 1 aliphatic carbocycles. The number of ether oxygens (including phenoxy) is 2. The van der Waals surface area contributed by atoms with Gasteiger partial charge in [-0.05, 0) is 68.3 Å². The van der Waals surface area contributed by atoms with Crippen molar-refractivity contribution < 1.29 is 19.7 Å². The lowest BCUT2D eigenvalue weighted by Gasteiger charge is -2.40. The van der Waals surface area contributed by atoms with Crippen LogP contribution < -0.4 is 0 Å². The monoisotopic (exact) mass is 484 g/mol. The summed E-state index contributed by atoms with van der Waals surface area (Å²) in [5.74, 6) is -0.739. The van der Waals surface area contributed by atoms with Crippen LogP contribution in [0.5, 0.6) is 0 Å². The Morgan fingerprint density at radius 1 is 0.943 bits per heavy atom. The summed E-state index contributed by atoms with van der Waals surface area (Å²) < 4.78 is 13.2. The highest BCUT2D eigenvalue weighted by Gasteiger charge is 2.40. The zero-order valence-corrected chi connectivity index (χ0v) is 21.6. The second-order valence-electron chi connectivity index (χ2n) is 10.5. The number of hydrogen-bond donors (Lipinski definition) is 2. The predicted octanol–water partition coefficient (Wildman–Crippen LogP) is 3.62. The van der Waals surface area contributed by atoms with Crippen molar-refractivity contribution in [3.05, 3.63) is 53.6 Å². The Bertz CT molecular complexity index is 872. The molecule has 1 aromatic carbocycles. The smallest absolute Gasteiger partial charge is 0.194 e. The van der Waals surface area contributed by atoms with Gasteiger partial charge < -0.3 is 29.5 Å². The van der Waals surface area contributed by atoms with Crippen LogP contribution in [0.3, 0.4) is 0 Å². The molecule has 1 aromatic rings. The third kappa shape index (κ3) is 7.03. The van der Waals surface area contributed by atoms with E-state index in [1.165, 1.54) is 16.7 Å². The molecule has 2 saturated heterocycles. The third-order valence-corrected chi connectivity index (χ3v) is 7.75. The molecule has 4 rings (SSSR count). The summed E-state index contributed by atoms with van der Waals surface area (Å²) in [5.41, 5.74) is 3.74. The second kappa shape index (κ2) is 12.6. The van der Waals surface area contributed by atoms with E-state index < -0.39 is 5.79 Å². The van der Waals surface area contributed by atoms with Crippen molar-refractivity contribution in [2.75, 3.05) is 52.5 Å². The minimum atomic E-state index is -0.793. The Kier molecular flexibility index (Phi) is 9.56. The van der Waals surface area contributed by atoms with Gasteiger partial charge in [0.15, 0.2) is 5.79 Å². The Labute approximate surface area is 211 Å². The summed E-state index contributed by atoms with van der Waals surface area (Å²) in [6.07, 6.45) is 10.6. The first-order valence-electron chi connectivity index (χ1n) is 13.5. The summed E-state index contributed by atoms with van der Waals surface area (Å²) in [6, 6.07) is 8.51. The van der Waals surface area contributed by atoms with Crippen molar-refractivity contribution in [3.8, 4) is 0 Å². The Morgan fingerprint density at radius 2 is 1.60 bits per heavy atom. The van der Waals surface area contributed by atoms with Crippen molar-refractivity contribution in [3.63, 3.8) is 0 Å². The van der Waals surface area contributed by atoms with Gasteiger partial charge in [0, 0.05) is 38.6 Å². The molecule has 0 amide bonds. The lowest BCUT2D eigenvalue weighted by Crippen LogP contribution is -2.44. The van der Waals surface area contributed by atoms with Crippen LogP contribution in [0.4, 0.5) is 0 Å². The first kappa shape index (κ1) is 26.5. The molecule has 6 heteroatoms. The lowest BCUT2D eigenvalue weighted by atomic mass is 9.82. The van der Waals surface area contributed by atoms with Gasteiger partial charge in [0.2, 0.25) is 0 Å². The van der Waals surface area contributed by atoms with E-state index in [0.717, 1.165) is 71.4 Å². The Hall–Kier alpha value is -1.54. The number of benzene rings is 1. The number of β-amino-alcohol motifs (C(OH)–C–C–N with tert-alkyl or cyclic N) is 2. The lowest BCUT2D eigenvalue weighted by molar-refractivity contribution is -0.223. The average molecular weight is 485 g/mol. The summed E-state index contributed by atoms with van der Waals surface area (Å²) >= 11 is 0. The number of nitrogens with zero attached hydrogens (tertiary/aromatic N) is 2. The van der Waals surface area contributed by atoms with Crippen molar-refractivity contribution in [1.29, 1.82) is 0 Å². The topological polar surface area (TPSA) is 65.4 Å². The van der Waals surface area contributed by atoms with E-state index in [-0.39, 0.29) is 18.1 Å². The normalized spacial score (nSPS) is 30.1. The van der Waals surface area contributed by atoms with Crippen molar-refractivity contribution >= 4 is 5.57 Å². The van der Waals surface area contributed by atoms with Gasteiger partial charge in [0.25, 0.3) is 0 Å². The maximum absolute atomic E-state index is 9.96. The third-order valence-electron chi connectivity index (χ3n) is 7.75. The molecule has 2 fully saturated rings. The van der Waals surface area contributed by atoms with Crippen LogP contribution in [0.2, 0.25) is 0 Å². The molecule has 3 aliphatic rings. The molecule has 4 atom stereocenters. The number of hydrogen-bond acceptors (Lipinski definition) is 6. The van der Waals surface area contributed by atoms with Gasteiger partial charge in [-0.15, -0.1) is 0 Å². The van der Waals surface area contributed by atoms with Crippen LogP contribution in [-0.4, -0.2) is 90.5 Å². The molecule has 0 bridgehead atoms. The van der Waals surface area contributed by atoms with E-state index in [4.69, 9.17) is 9.47 Å². The van der Waals surface area contributed by atoms with Gasteiger partial charge >= 0.3 is 0 Å². The number of aliphatic hydroxyl groups excluding tert-OH is 2. The molecule has 2 unspecified atom stereocenters. The standard InChI is InChI=1S/C29H44N2O4/c1-23-9-3-4-11-27(23)28-12-5-14-29(24(28)2,35-20-8-17-31-18-13-26(33)22-31)34-19-7-16-30-15-6-10-25(32)21-30/h3-5,9,11-12,14,24-26,32-33H,6-8,10,13,15-22H2,1-2H3/t24?,25-,26+,29?/m0/s1. The van der Waals surface area contributed by atoms with E-state index in [1.54, 1.807) is 0 Å². The number of rotatable bonds is 11. The number of aryl methyl sites for hydroxylation is 1. The number of allylic oxidation sites excluding steroid dienone is 2. The number of likely N-dealkylation sites (tertiary alicyclic amines) is 2. The van der Waals surface area contributed by atoms with Gasteiger partial charge in [-0.3, -0.25) is 0 Å². The molecule has 0 saturated carbocycles. The van der Waals surface area contributed by atoms with E-state index >= 15 is 0 Å². The fourth-order valence-electron chi connectivity index (χ4n) is 5.69. The van der Waals surface area contributed by atoms with Crippen molar-refractivity contribution in [2.45, 2.75) is 63.9 Å². The first-order valence-corrected chi connectivity index (χ1v) is 13.5. The predicted molar refractivity (Wildman–Crippen MR) is 140 cm³/mol. The fraction of sp³-hybridized carbons (Fsp3) is 0.655. The highest BCUT2D eigenvalue weighted by molar-refractivity contribution is 5.73. The molecule has 2 aliphatic heterocycles. The van der Waals surface area contributed by atoms with Crippen molar-refractivity contribution in [2.24, 2.45) is 5.92 Å².